The number of anilines is 2. The van der Waals surface area contributed by atoms with Crippen molar-refractivity contribution in [2.45, 2.75) is 18.2 Å². The van der Waals surface area contributed by atoms with Gasteiger partial charge in [0.15, 0.2) is 0 Å². The molecule has 1 aromatic rings. The van der Waals surface area contributed by atoms with Gasteiger partial charge in [-0.1, -0.05) is 0 Å². The van der Waals surface area contributed by atoms with Crippen molar-refractivity contribution in [3.05, 3.63) is 23.8 Å². The molecule has 0 heterocycles. The molecule has 0 saturated heterocycles. The third-order valence-corrected chi connectivity index (χ3v) is 3.75. The van der Waals surface area contributed by atoms with Crippen molar-refractivity contribution < 1.29 is 5.11 Å². The van der Waals surface area contributed by atoms with Crippen LogP contribution in [-0.4, -0.2) is 29.3 Å². The van der Waals surface area contributed by atoms with Gasteiger partial charge in [0, 0.05) is 17.0 Å². The molecule has 0 radical (unpaired) electrons. The molecule has 0 bridgehead atoms. The molecule has 1 rings (SSSR count). The minimum Gasteiger partial charge on any atom is -0.399 e. The second-order valence-electron chi connectivity index (χ2n) is 3.81. The number of nitrogen functional groups attached to an aromatic ring is 1. The fourth-order valence-electron chi connectivity index (χ4n) is 1.56. The predicted molar refractivity (Wildman–Crippen MR) is 73.0 cm³/mol. The zero-order chi connectivity index (χ0) is 12.8. The van der Waals surface area contributed by atoms with E-state index in [1.807, 2.05) is 13.2 Å². The number of benzene rings is 1. The SMILES string of the molecule is CSC(CO)C(C)Nc1ccc(N)cc1C#N. The number of aliphatic hydroxyl groups is 1. The lowest BCUT2D eigenvalue weighted by Crippen LogP contribution is -2.31. The van der Waals surface area contributed by atoms with Crippen LogP contribution in [0.15, 0.2) is 18.2 Å². The molecule has 4 nitrogen and oxygen atoms in total. The maximum Gasteiger partial charge on any atom is 0.101 e. The Labute approximate surface area is 106 Å². The first kappa shape index (κ1) is 13.7. The molecule has 0 saturated carbocycles. The molecule has 0 aliphatic rings. The van der Waals surface area contributed by atoms with E-state index in [4.69, 9.17) is 11.0 Å². The number of nitrogens with one attached hydrogen (secondary N) is 1. The van der Waals surface area contributed by atoms with Crippen LogP contribution in [0.4, 0.5) is 11.4 Å². The lowest BCUT2D eigenvalue weighted by atomic mass is 10.1. The number of nitrogens with zero attached hydrogens (tertiary/aromatic N) is 1. The summed E-state index contributed by atoms with van der Waals surface area (Å²) >= 11 is 1.59. The summed E-state index contributed by atoms with van der Waals surface area (Å²) < 4.78 is 0. The highest BCUT2D eigenvalue weighted by Gasteiger charge is 2.16. The van der Waals surface area contributed by atoms with Crippen molar-refractivity contribution in [1.29, 1.82) is 5.26 Å². The maximum atomic E-state index is 9.20. The van der Waals surface area contributed by atoms with E-state index in [1.165, 1.54) is 0 Å². The summed E-state index contributed by atoms with van der Waals surface area (Å²) in [5.41, 5.74) is 7.47. The van der Waals surface area contributed by atoms with Gasteiger partial charge in [-0.15, -0.1) is 0 Å². The quantitative estimate of drug-likeness (QED) is 0.693. The molecule has 0 aliphatic carbocycles. The number of nitrogens with two attached hydrogens (primary N) is 1. The summed E-state index contributed by atoms with van der Waals surface area (Å²) in [6, 6.07) is 7.36. The van der Waals surface area contributed by atoms with Crippen LogP contribution in [0.1, 0.15) is 12.5 Å². The monoisotopic (exact) mass is 251 g/mol. The normalized spacial score (nSPS) is 13.8. The van der Waals surface area contributed by atoms with Gasteiger partial charge >= 0.3 is 0 Å². The highest BCUT2D eigenvalue weighted by Crippen LogP contribution is 2.21. The van der Waals surface area contributed by atoms with E-state index < -0.39 is 0 Å². The average Bonchev–Trinajstić information content (AvgIpc) is 2.33. The first-order valence-corrected chi connectivity index (χ1v) is 6.61. The minimum atomic E-state index is 0.0747. The summed E-state index contributed by atoms with van der Waals surface area (Å²) in [6.45, 7) is 2.08. The molecule has 1 aromatic carbocycles. The van der Waals surface area contributed by atoms with Gasteiger partial charge in [-0.3, -0.25) is 0 Å². The molecule has 92 valence electrons. The molecular formula is C12H17N3OS. The number of thioether (sulfide) groups is 1. The standard InChI is InChI=1S/C12H17N3OS/c1-8(12(7-16)17-2)15-11-4-3-10(14)5-9(11)6-13/h3-5,8,12,15-16H,7,14H2,1-2H3. The molecular weight excluding hydrogens is 234 g/mol. The molecule has 0 aromatic heterocycles. The van der Waals surface area contributed by atoms with Crippen LogP contribution >= 0.6 is 11.8 Å². The second-order valence-corrected chi connectivity index (χ2v) is 4.88. The van der Waals surface area contributed by atoms with Gasteiger partial charge in [0.2, 0.25) is 0 Å². The molecule has 2 atom stereocenters. The van der Waals surface area contributed by atoms with Gasteiger partial charge in [-0.05, 0) is 31.4 Å². The van der Waals surface area contributed by atoms with Crippen LogP contribution in [0.5, 0.6) is 0 Å². The van der Waals surface area contributed by atoms with Gasteiger partial charge in [0.25, 0.3) is 0 Å². The molecule has 0 aliphatic heterocycles. The lowest BCUT2D eigenvalue weighted by Gasteiger charge is -2.23. The summed E-state index contributed by atoms with van der Waals surface area (Å²) in [4.78, 5) is 0. The van der Waals surface area contributed by atoms with E-state index in [2.05, 4.69) is 11.4 Å². The Bertz CT molecular complexity index is 413. The topological polar surface area (TPSA) is 82.1 Å². The van der Waals surface area contributed by atoms with Crippen LogP contribution in [0.25, 0.3) is 0 Å². The first-order valence-electron chi connectivity index (χ1n) is 5.32. The zero-order valence-electron chi connectivity index (χ0n) is 9.97. The van der Waals surface area contributed by atoms with E-state index >= 15 is 0 Å². The van der Waals surface area contributed by atoms with Gasteiger partial charge in [-0.2, -0.15) is 17.0 Å². The minimum absolute atomic E-state index is 0.0747. The summed E-state index contributed by atoms with van der Waals surface area (Å²) in [6.07, 6.45) is 1.95. The molecule has 0 amide bonds. The van der Waals surface area contributed by atoms with Crippen LogP contribution in [-0.2, 0) is 0 Å². The molecule has 4 N–H and O–H groups in total. The Kier molecular flexibility index (Phi) is 5.13. The number of aliphatic hydroxyl groups excluding tert-OH is 1. The van der Waals surface area contributed by atoms with Gasteiger partial charge in [-0.25, -0.2) is 0 Å². The van der Waals surface area contributed by atoms with Gasteiger partial charge in [0.1, 0.15) is 6.07 Å². The van der Waals surface area contributed by atoms with Crippen molar-refractivity contribution in [3.8, 4) is 6.07 Å². The van der Waals surface area contributed by atoms with Crippen molar-refractivity contribution >= 4 is 23.1 Å². The van der Waals surface area contributed by atoms with Gasteiger partial charge < -0.3 is 16.2 Å². The van der Waals surface area contributed by atoms with Crippen LogP contribution < -0.4 is 11.1 Å². The number of hydrogen-bond donors (Lipinski definition) is 3. The van der Waals surface area contributed by atoms with E-state index in [1.54, 1.807) is 30.0 Å². The first-order chi connectivity index (χ1) is 8.12. The van der Waals surface area contributed by atoms with Crippen molar-refractivity contribution in [3.63, 3.8) is 0 Å². The largest absolute Gasteiger partial charge is 0.399 e. The number of nitriles is 1. The average molecular weight is 251 g/mol. The van der Waals surface area contributed by atoms with Crippen LogP contribution in [0.2, 0.25) is 0 Å². The molecule has 0 fully saturated rings. The summed E-state index contributed by atoms with van der Waals surface area (Å²) in [5.74, 6) is 0. The van der Waals surface area contributed by atoms with Crippen molar-refractivity contribution in [2.75, 3.05) is 23.9 Å². The van der Waals surface area contributed by atoms with Crippen LogP contribution in [0.3, 0.4) is 0 Å². The zero-order valence-corrected chi connectivity index (χ0v) is 10.8. The van der Waals surface area contributed by atoms with Crippen LogP contribution in [0, 0.1) is 11.3 Å². The van der Waals surface area contributed by atoms with E-state index in [9.17, 15) is 5.11 Å². The molecule has 17 heavy (non-hydrogen) atoms. The Morgan fingerprint density at radius 3 is 2.82 bits per heavy atom. The van der Waals surface area contributed by atoms with E-state index in [0.29, 0.717) is 11.3 Å². The Hall–Kier alpha value is -1.38. The second kappa shape index (κ2) is 6.38. The van der Waals surface area contributed by atoms with E-state index in [0.717, 1.165) is 5.69 Å². The number of hydrogen-bond acceptors (Lipinski definition) is 5. The fraction of sp³-hybridized carbons (Fsp3) is 0.417. The predicted octanol–water partition coefficient (Wildman–Crippen LogP) is 1.66. The maximum absolute atomic E-state index is 9.20. The third kappa shape index (κ3) is 3.55. The molecule has 5 heteroatoms. The fourth-order valence-corrected chi connectivity index (χ4v) is 2.18. The summed E-state index contributed by atoms with van der Waals surface area (Å²) in [5, 5.41) is 21.5. The smallest absolute Gasteiger partial charge is 0.101 e. The van der Waals surface area contributed by atoms with E-state index in [-0.39, 0.29) is 17.9 Å². The molecule has 0 spiro atoms. The Balaban J connectivity index is 2.85. The summed E-state index contributed by atoms with van der Waals surface area (Å²) in [7, 11) is 0. The highest BCUT2D eigenvalue weighted by molar-refractivity contribution is 7.99. The van der Waals surface area contributed by atoms with Crippen molar-refractivity contribution in [1.82, 2.24) is 0 Å². The Morgan fingerprint density at radius 2 is 2.29 bits per heavy atom. The van der Waals surface area contributed by atoms with Crippen molar-refractivity contribution in [2.24, 2.45) is 0 Å². The molecule has 2 unspecified atom stereocenters. The lowest BCUT2D eigenvalue weighted by molar-refractivity contribution is 0.288. The van der Waals surface area contributed by atoms with Gasteiger partial charge in [0.05, 0.1) is 17.9 Å². The Morgan fingerprint density at radius 1 is 1.59 bits per heavy atom. The third-order valence-electron chi connectivity index (χ3n) is 2.59. The number of rotatable bonds is 5. The highest BCUT2D eigenvalue weighted by atomic mass is 32.2.